The molecule has 0 fully saturated rings. The van der Waals surface area contributed by atoms with Gasteiger partial charge < -0.3 is 9.72 Å². The maximum Gasteiger partial charge on any atom is 0.276 e. The first-order chi connectivity index (χ1) is 15.5. The largest absolute Gasteiger partial charge is 0.320 e. The standard InChI is InChI=1S/C26H21FN4O/c1-17-3-4-18(2)24(15-17)28-26(32)23-13-14-31(29-23)25-12-11-22-10-7-20(16-30(22)25)19-5-8-21(27)9-6-19/h3-16H,1-2H3,(H,28,32). The molecule has 32 heavy (non-hydrogen) atoms. The van der Waals surface area contributed by atoms with Crippen LogP contribution in [0.15, 0.2) is 85.2 Å². The lowest BCUT2D eigenvalue weighted by atomic mass is 10.1. The Balaban J connectivity index is 1.46. The maximum atomic E-state index is 13.3. The molecule has 6 heteroatoms. The van der Waals surface area contributed by atoms with Crippen molar-refractivity contribution in [2.75, 3.05) is 5.32 Å². The van der Waals surface area contributed by atoms with Gasteiger partial charge in [0.15, 0.2) is 5.69 Å². The molecule has 158 valence electrons. The molecule has 0 aliphatic rings. The highest BCUT2D eigenvalue weighted by Gasteiger charge is 2.14. The average Bonchev–Trinajstić information content (AvgIpc) is 3.43. The third kappa shape index (κ3) is 3.67. The quantitative estimate of drug-likeness (QED) is 0.396. The number of anilines is 1. The molecule has 1 amide bonds. The second-order valence-corrected chi connectivity index (χ2v) is 7.83. The van der Waals surface area contributed by atoms with Crippen molar-refractivity contribution in [1.82, 2.24) is 14.2 Å². The Morgan fingerprint density at radius 2 is 1.66 bits per heavy atom. The van der Waals surface area contributed by atoms with E-state index in [0.29, 0.717) is 5.69 Å². The molecule has 5 rings (SSSR count). The number of aryl methyl sites for hydroxylation is 2. The topological polar surface area (TPSA) is 51.3 Å². The molecule has 5 nitrogen and oxygen atoms in total. The van der Waals surface area contributed by atoms with E-state index in [-0.39, 0.29) is 11.7 Å². The lowest BCUT2D eigenvalue weighted by Crippen LogP contribution is -2.14. The Bertz CT molecular complexity index is 1450. The Morgan fingerprint density at radius 1 is 0.906 bits per heavy atom. The Morgan fingerprint density at radius 3 is 2.47 bits per heavy atom. The van der Waals surface area contributed by atoms with Crippen LogP contribution in [0.4, 0.5) is 10.1 Å². The zero-order valence-corrected chi connectivity index (χ0v) is 17.7. The fourth-order valence-electron chi connectivity index (χ4n) is 3.72. The third-order valence-electron chi connectivity index (χ3n) is 5.51. The highest BCUT2D eigenvalue weighted by atomic mass is 19.1. The third-order valence-corrected chi connectivity index (χ3v) is 5.51. The van der Waals surface area contributed by atoms with E-state index in [4.69, 9.17) is 0 Å². The number of aromatic nitrogens is 3. The predicted molar refractivity (Wildman–Crippen MR) is 124 cm³/mol. The number of halogens is 1. The molecule has 0 atom stereocenters. The van der Waals surface area contributed by atoms with Crippen molar-refractivity contribution < 1.29 is 9.18 Å². The number of benzene rings is 2. The zero-order chi connectivity index (χ0) is 22.2. The monoisotopic (exact) mass is 424 g/mol. The minimum absolute atomic E-state index is 0.259. The highest BCUT2D eigenvalue weighted by molar-refractivity contribution is 6.03. The van der Waals surface area contributed by atoms with Crippen molar-refractivity contribution in [1.29, 1.82) is 0 Å². The van der Waals surface area contributed by atoms with Crippen LogP contribution in [0, 0.1) is 19.7 Å². The van der Waals surface area contributed by atoms with E-state index in [9.17, 15) is 9.18 Å². The van der Waals surface area contributed by atoms with Crippen molar-refractivity contribution in [3.8, 4) is 16.9 Å². The van der Waals surface area contributed by atoms with Crippen molar-refractivity contribution in [3.05, 3.63) is 108 Å². The van der Waals surface area contributed by atoms with Gasteiger partial charge in [0, 0.05) is 23.6 Å². The van der Waals surface area contributed by atoms with Crippen LogP contribution in [0.2, 0.25) is 0 Å². The fraction of sp³-hybridized carbons (Fsp3) is 0.0769. The molecule has 0 saturated heterocycles. The number of rotatable bonds is 4. The van der Waals surface area contributed by atoms with Crippen LogP contribution in [-0.2, 0) is 0 Å². The van der Waals surface area contributed by atoms with Gasteiger partial charge in [-0.15, -0.1) is 0 Å². The second-order valence-electron chi connectivity index (χ2n) is 7.83. The van der Waals surface area contributed by atoms with E-state index in [0.717, 1.165) is 39.3 Å². The van der Waals surface area contributed by atoms with Crippen LogP contribution >= 0.6 is 0 Å². The van der Waals surface area contributed by atoms with Crippen LogP contribution in [0.3, 0.4) is 0 Å². The lowest BCUT2D eigenvalue weighted by molar-refractivity contribution is 0.102. The smallest absolute Gasteiger partial charge is 0.276 e. The molecule has 0 saturated carbocycles. The van der Waals surface area contributed by atoms with Crippen LogP contribution < -0.4 is 5.32 Å². The van der Waals surface area contributed by atoms with Gasteiger partial charge in [-0.05, 0) is 78.6 Å². The summed E-state index contributed by atoms with van der Waals surface area (Å²) < 4.78 is 17.0. The van der Waals surface area contributed by atoms with Gasteiger partial charge in [0.25, 0.3) is 5.91 Å². The molecule has 0 unspecified atom stereocenters. The summed E-state index contributed by atoms with van der Waals surface area (Å²) >= 11 is 0. The SMILES string of the molecule is Cc1ccc(C)c(NC(=O)c2ccn(-c3ccc4ccc(-c5ccc(F)cc5)cn34)n2)c1. The van der Waals surface area contributed by atoms with Gasteiger partial charge in [-0.25, -0.2) is 9.07 Å². The Hall–Kier alpha value is -4.19. The minimum atomic E-state index is -0.264. The van der Waals surface area contributed by atoms with Gasteiger partial charge in [0.1, 0.15) is 11.6 Å². The number of nitrogens with zero attached hydrogens (tertiary/aromatic N) is 3. The van der Waals surface area contributed by atoms with Crippen molar-refractivity contribution in [2.24, 2.45) is 0 Å². The molecule has 0 aliphatic heterocycles. The summed E-state index contributed by atoms with van der Waals surface area (Å²) in [5.41, 5.74) is 6.04. The number of amides is 1. The van der Waals surface area contributed by atoms with E-state index in [1.807, 2.05) is 66.9 Å². The van der Waals surface area contributed by atoms with Crippen LogP contribution in [-0.4, -0.2) is 20.1 Å². The first kappa shape index (κ1) is 19.8. The van der Waals surface area contributed by atoms with Crippen molar-refractivity contribution in [3.63, 3.8) is 0 Å². The number of hydrogen-bond donors (Lipinski definition) is 1. The molecule has 0 aliphatic carbocycles. The molecule has 3 aromatic heterocycles. The molecule has 1 N–H and O–H groups in total. The molecule has 0 spiro atoms. The number of nitrogens with one attached hydrogen (secondary N) is 1. The molecule has 3 heterocycles. The molecular weight excluding hydrogens is 403 g/mol. The van der Waals surface area contributed by atoms with E-state index in [2.05, 4.69) is 10.4 Å². The van der Waals surface area contributed by atoms with E-state index in [1.165, 1.54) is 12.1 Å². The number of carbonyl (C=O) groups excluding carboxylic acids is 1. The summed E-state index contributed by atoms with van der Waals surface area (Å²) in [4.78, 5) is 12.8. The van der Waals surface area contributed by atoms with Gasteiger partial charge in [0.05, 0.1) is 0 Å². The van der Waals surface area contributed by atoms with Crippen LogP contribution in [0.5, 0.6) is 0 Å². The lowest BCUT2D eigenvalue weighted by Gasteiger charge is -2.08. The number of hydrogen-bond acceptors (Lipinski definition) is 2. The molecule has 0 radical (unpaired) electrons. The normalized spacial score (nSPS) is 11.1. The van der Waals surface area contributed by atoms with Gasteiger partial charge in [0.2, 0.25) is 0 Å². The maximum absolute atomic E-state index is 13.3. The number of carbonyl (C=O) groups is 1. The molecule has 5 aromatic rings. The average molecular weight is 424 g/mol. The summed E-state index contributed by atoms with van der Waals surface area (Å²) in [6, 6.07) is 22.0. The highest BCUT2D eigenvalue weighted by Crippen LogP contribution is 2.23. The molecular formula is C26H21FN4O. The second kappa shape index (κ2) is 7.81. The summed E-state index contributed by atoms with van der Waals surface area (Å²) in [6.45, 7) is 3.95. The number of pyridine rings is 1. The van der Waals surface area contributed by atoms with Gasteiger partial charge in [-0.2, -0.15) is 5.10 Å². The summed E-state index contributed by atoms with van der Waals surface area (Å²) in [7, 11) is 0. The summed E-state index contributed by atoms with van der Waals surface area (Å²) in [6.07, 6.45) is 3.75. The van der Waals surface area contributed by atoms with Crippen molar-refractivity contribution in [2.45, 2.75) is 13.8 Å². The number of fused-ring (bicyclic) bond motifs is 1. The first-order valence-corrected chi connectivity index (χ1v) is 10.3. The summed E-state index contributed by atoms with van der Waals surface area (Å²) in [5, 5.41) is 7.45. The Labute approximate surface area is 184 Å². The van der Waals surface area contributed by atoms with Gasteiger partial charge >= 0.3 is 0 Å². The van der Waals surface area contributed by atoms with Gasteiger partial charge in [-0.3, -0.25) is 4.79 Å². The van der Waals surface area contributed by atoms with E-state index < -0.39 is 0 Å². The fourth-order valence-corrected chi connectivity index (χ4v) is 3.72. The minimum Gasteiger partial charge on any atom is -0.320 e. The molecule has 0 bridgehead atoms. The molecule has 2 aromatic carbocycles. The van der Waals surface area contributed by atoms with E-state index in [1.54, 1.807) is 29.1 Å². The zero-order valence-electron chi connectivity index (χ0n) is 17.7. The van der Waals surface area contributed by atoms with E-state index >= 15 is 0 Å². The summed E-state index contributed by atoms with van der Waals surface area (Å²) in [5.74, 6) is 0.278. The van der Waals surface area contributed by atoms with Crippen LogP contribution in [0.25, 0.3) is 22.5 Å². The van der Waals surface area contributed by atoms with Crippen LogP contribution in [0.1, 0.15) is 21.6 Å². The predicted octanol–water partition coefficient (Wildman–Crippen LogP) is 5.80. The first-order valence-electron chi connectivity index (χ1n) is 10.3. The Kier molecular flexibility index (Phi) is 4.82. The van der Waals surface area contributed by atoms with Crippen molar-refractivity contribution >= 4 is 17.1 Å². The van der Waals surface area contributed by atoms with Gasteiger partial charge in [-0.1, -0.05) is 30.3 Å².